The lowest BCUT2D eigenvalue weighted by atomic mass is 10.1. The van der Waals surface area contributed by atoms with Crippen LogP contribution in [0.25, 0.3) is 0 Å². The summed E-state index contributed by atoms with van der Waals surface area (Å²) in [5, 5.41) is 0. The summed E-state index contributed by atoms with van der Waals surface area (Å²) in [4.78, 5) is 13.4. The molecule has 1 heterocycles. The highest BCUT2D eigenvalue weighted by Crippen LogP contribution is 2.33. The van der Waals surface area contributed by atoms with Gasteiger partial charge in [0.25, 0.3) is 0 Å². The number of carbonyl (C=O) groups is 1. The van der Waals surface area contributed by atoms with Crippen LogP contribution in [0, 0.1) is 11.7 Å². The van der Waals surface area contributed by atoms with Crippen LogP contribution in [0.2, 0.25) is 0 Å². The molecule has 1 aliphatic rings. The smallest absolute Gasteiger partial charge is 0.227 e. The van der Waals surface area contributed by atoms with Crippen LogP contribution >= 0.6 is 15.9 Å². The number of carbonyl (C=O) groups excluding carboxylic acids is 1. The molecule has 0 saturated carbocycles. The van der Waals surface area contributed by atoms with Gasteiger partial charge in [-0.3, -0.25) is 4.79 Å². The van der Waals surface area contributed by atoms with Gasteiger partial charge in [0.2, 0.25) is 5.91 Å². The largest absolute Gasteiger partial charge is 0.397 e. The molecule has 5 heteroatoms. The van der Waals surface area contributed by atoms with Crippen LogP contribution in [0.15, 0.2) is 29.3 Å². The lowest BCUT2D eigenvalue weighted by molar-refractivity contribution is -0.117. The van der Waals surface area contributed by atoms with Crippen molar-refractivity contribution in [2.45, 2.75) is 6.42 Å². The minimum absolute atomic E-state index is 0.0138. The van der Waals surface area contributed by atoms with E-state index < -0.39 is 5.82 Å². The van der Waals surface area contributed by atoms with Gasteiger partial charge in [-0.2, -0.15) is 0 Å². The Morgan fingerprint density at radius 1 is 1.59 bits per heavy atom. The van der Waals surface area contributed by atoms with Crippen LogP contribution in [-0.2, 0) is 4.79 Å². The second-order valence-corrected chi connectivity index (χ2v) is 4.88. The molecular weight excluding hydrogens is 287 g/mol. The van der Waals surface area contributed by atoms with E-state index in [-0.39, 0.29) is 17.5 Å². The monoisotopic (exact) mass is 298 g/mol. The maximum absolute atomic E-state index is 13.2. The molecule has 1 unspecified atom stereocenters. The van der Waals surface area contributed by atoms with Crippen LogP contribution in [0.3, 0.4) is 0 Å². The quantitative estimate of drug-likeness (QED) is 0.674. The molecule has 17 heavy (non-hydrogen) atoms. The zero-order chi connectivity index (χ0) is 12.6. The molecule has 1 amide bonds. The SMILES string of the molecule is C=CC1CC(=O)N(c2cc(Br)c(F)cc2N)C1. The number of amides is 1. The molecule has 1 atom stereocenters. The van der Waals surface area contributed by atoms with E-state index in [2.05, 4.69) is 22.5 Å². The predicted molar refractivity (Wildman–Crippen MR) is 69.2 cm³/mol. The summed E-state index contributed by atoms with van der Waals surface area (Å²) in [6.45, 7) is 4.23. The zero-order valence-electron chi connectivity index (χ0n) is 9.12. The molecule has 1 saturated heterocycles. The van der Waals surface area contributed by atoms with Gasteiger partial charge in [-0.25, -0.2) is 4.39 Å². The average molecular weight is 299 g/mol. The topological polar surface area (TPSA) is 46.3 Å². The van der Waals surface area contributed by atoms with E-state index in [1.807, 2.05) is 0 Å². The summed E-state index contributed by atoms with van der Waals surface area (Å²) in [6, 6.07) is 2.75. The van der Waals surface area contributed by atoms with Gasteiger partial charge in [0.15, 0.2) is 0 Å². The third-order valence-electron chi connectivity index (χ3n) is 2.85. The fraction of sp³-hybridized carbons (Fsp3) is 0.250. The standard InChI is InChI=1S/C12H12BrFN2O/c1-2-7-3-12(17)16(6-7)11-4-8(13)9(14)5-10(11)15/h2,4-5,7H,1,3,6,15H2. The number of anilines is 2. The average Bonchev–Trinajstić information content (AvgIpc) is 2.65. The van der Waals surface area contributed by atoms with Gasteiger partial charge in [0.1, 0.15) is 5.82 Å². The Morgan fingerprint density at radius 2 is 2.29 bits per heavy atom. The van der Waals surface area contributed by atoms with Crippen molar-refractivity contribution in [1.29, 1.82) is 0 Å². The van der Waals surface area contributed by atoms with Crippen molar-refractivity contribution in [1.82, 2.24) is 0 Å². The second-order valence-electron chi connectivity index (χ2n) is 4.03. The second kappa shape index (κ2) is 4.49. The normalized spacial score (nSPS) is 19.8. The van der Waals surface area contributed by atoms with Crippen molar-refractivity contribution in [2.75, 3.05) is 17.2 Å². The number of rotatable bonds is 2. The molecule has 1 fully saturated rings. The van der Waals surface area contributed by atoms with Gasteiger partial charge >= 0.3 is 0 Å². The summed E-state index contributed by atoms with van der Waals surface area (Å²) < 4.78 is 13.5. The molecule has 0 aliphatic carbocycles. The minimum atomic E-state index is -0.432. The molecule has 1 aliphatic heterocycles. The summed E-state index contributed by atoms with van der Waals surface area (Å²) >= 11 is 3.09. The van der Waals surface area contributed by atoms with E-state index >= 15 is 0 Å². The third-order valence-corrected chi connectivity index (χ3v) is 3.46. The van der Waals surface area contributed by atoms with Crippen LogP contribution in [0.1, 0.15) is 6.42 Å². The Balaban J connectivity index is 2.38. The van der Waals surface area contributed by atoms with Crippen LogP contribution in [0.5, 0.6) is 0 Å². The number of nitrogens with two attached hydrogens (primary N) is 1. The summed E-state index contributed by atoms with van der Waals surface area (Å²) in [5.41, 5.74) is 6.55. The van der Waals surface area contributed by atoms with Crippen molar-refractivity contribution < 1.29 is 9.18 Å². The Morgan fingerprint density at radius 3 is 2.88 bits per heavy atom. The Labute approximate surface area is 107 Å². The number of nitrogens with zero attached hydrogens (tertiary/aromatic N) is 1. The number of halogens is 2. The fourth-order valence-corrected chi connectivity index (χ4v) is 2.24. The van der Waals surface area contributed by atoms with Crippen LogP contribution in [0.4, 0.5) is 15.8 Å². The van der Waals surface area contributed by atoms with Crippen LogP contribution in [-0.4, -0.2) is 12.5 Å². The fourth-order valence-electron chi connectivity index (χ4n) is 1.91. The zero-order valence-corrected chi connectivity index (χ0v) is 10.7. The molecule has 90 valence electrons. The van der Waals surface area contributed by atoms with Gasteiger partial charge in [-0.05, 0) is 22.0 Å². The lowest BCUT2D eigenvalue weighted by Crippen LogP contribution is -2.25. The summed E-state index contributed by atoms with van der Waals surface area (Å²) in [5.74, 6) is -0.316. The van der Waals surface area contributed by atoms with Crippen molar-refractivity contribution in [3.05, 3.63) is 35.1 Å². The Kier molecular flexibility index (Phi) is 3.19. The molecule has 2 rings (SSSR count). The highest BCUT2D eigenvalue weighted by molar-refractivity contribution is 9.10. The van der Waals surface area contributed by atoms with E-state index in [0.717, 1.165) is 0 Å². The Hall–Kier alpha value is -1.36. The van der Waals surface area contributed by atoms with E-state index in [0.29, 0.717) is 23.1 Å². The Bertz CT molecular complexity index is 490. The number of benzene rings is 1. The van der Waals surface area contributed by atoms with Gasteiger partial charge in [0, 0.05) is 24.9 Å². The highest BCUT2D eigenvalue weighted by atomic mass is 79.9. The van der Waals surface area contributed by atoms with Gasteiger partial charge < -0.3 is 10.6 Å². The van der Waals surface area contributed by atoms with Gasteiger partial charge in [0.05, 0.1) is 15.8 Å². The van der Waals surface area contributed by atoms with E-state index in [1.54, 1.807) is 11.0 Å². The van der Waals surface area contributed by atoms with E-state index in [9.17, 15) is 9.18 Å². The molecule has 1 aromatic carbocycles. The maximum Gasteiger partial charge on any atom is 0.227 e. The predicted octanol–water partition coefficient (Wildman–Crippen LogP) is 2.71. The van der Waals surface area contributed by atoms with E-state index in [4.69, 9.17) is 5.73 Å². The molecular formula is C12H12BrFN2O. The summed E-state index contributed by atoms with van der Waals surface area (Å²) in [6.07, 6.45) is 2.19. The maximum atomic E-state index is 13.2. The molecule has 3 nitrogen and oxygen atoms in total. The molecule has 0 bridgehead atoms. The first-order chi connectivity index (χ1) is 8.02. The van der Waals surface area contributed by atoms with E-state index in [1.165, 1.54) is 12.1 Å². The molecule has 0 aromatic heterocycles. The highest BCUT2D eigenvalue weighted by Gasteiger charge is 2.30. The molecule has 2 N–H and O–H groups in total. The first kappa shape index (κ1) is 12.1. The van der Waals surface area contributed by atoms with Crippen molar-refractivity contribution >= 4 is 33.2 Å². The molecule has 0 spiro atoms. The third kappa shape index (κ3) is 2.20. The van der Waals surface area contributed by atoms with Crippen molar-refractivity contribution in [2.24, 2.45) is 5.92 Å². The van der Waals surface area contributed by atoms with Crippen molar-refractivity contribution in [3.63, 3.8) is 0 Å². The molecule has 1 aromatic rings. The summed E-state index contributed by atoms with van der Waals surface area (Å²) in [7, 11) is 0. The first-order valence-electron chi connectivity index (χ1n) is 5.20. The number of nitrogen functional groups attached to an aromatic ring is 1. The minimum Gasteiger partial charge on any atom is -0.397 e. The van der Waals surface area contributed by atoms with Gasteiger partial charge in [-0.1, -0.05) is 6.08 Å². The van der Waals surface area contributed by atoms with Crippen LogP contribution < -0.4 is 10.6 Å². The lowest BCUT2D eigenvalue weighted by Gasteiger charge is -2.19. The first-order valence-corrected chi connectivity index (χ1v) is 5.99. The molecule has 0 radical (unpaired) electrons. The van der Waals surface area contributed by atoms with Crippen molar-refractivity contribution in [3.8, 4) is 0 Å². The number of hydrogen-bond donors (Lipinski definition) is 1. The van der Waals surface area contributed by atoms with Gasteiger partial charge in [-0.15, -0.1) is 6.58 Å². The number of hydrogen-bond acceptors (Lipinski definition) is 2.